The predicted molar refractivity (Wildman–Crippen MR) is 117 cm³/mol. The van der Waals surface area contributed by atoms with Gasteiger partial charge in [0.05, 0.1) is 23.4 Å². The molecule has 0 aliphatic carbocycles. The molecule has 0 spiro atoms. The number of rotatable bonds is 4. The van der Waals surface area contributed by atoms with Gasteiger partial charge in [0.2, 0.25) is 5.91 Å². The van der Waals surface area contributed by atoms with Crippen molar-refractivity contribution in [2.24, 2.45) is 0 Å². The Balaban J connectivity index is 1.49. The van der Waals surface area contributed by atoms with Crippen molar-refractivity contribution in [3.05, 3.63) is 59.4 Å². The number of carbonyl (C=O) groups is 2. The first kappa shape index (κ1) is 22.6. The molecule has 1 aromatic heterocycles. The fourth-order valence-electron chi connectivity index (χ4n) is 4.24. The van der Waals surface area contributed by atoms with Gasteiger partial charge in [-0.2, -0.15) is 5.26 Å². The third-order valence-electron chi connectivity index (χ3n) is 6.03. The lowest BCUT2D eigenvalue weighted by Gasteiger charge is -2.42. The van der Waals surface area contributed by atoms with E-state index in [1.165, 1.54) is 4.90 Å². The highest BCUT2D eigenvalue weighted by atomic mass is 16.6. The quantitative estimate of drug-likeness (QED) is 0.733. The molecular weight excluding hydrogens is 424 g/mol. The number of fused-ring (bicyclic) bond motifs is 1. The van der Waals surface area contributed by atoms with Crippen LogP contribution in [0.4, 0.5) is 4.79 Å². The topological polar surface area (TPSA) is 125 Å². The minimum atomic E-state index is -1.06. The number of amides is 2. The zero-order valence-corrected chi connectivity index (χ0v) is 18.5. The second-order valence-corrected chi connectivity index (χ2v) is 8.73. The SMILES string of the molecule is CC1(C)Oc2ccc(C#N)cc2C(NC(=O)[C@@H]2CCCN2C(=O)OCc2ccccn2)C1O. The van der Waals surface area contributed by atoms with Gasteiger partial charge in [-0.25, -0.2) is 4.79 Å². The van der Waals surface area contributed by atoms with Crippen LogP contribution in [0.1, 0.15) is 49.6 Å². The number of ether oxygens (including phenoxy) is 2. The number of hydrogen-bond donors (Lipinski definition) is 2. The Morgan fingerprint density at radius 1 is 1.36 bits per heavy atom. The summed E-state index contributed by atoms with van der Waals surface area (Å²) in [5.74, 6) is 0.102. The average Bonchev–Trinajstić information content (AvgIpc) is 3.31. The summed E-state index contributed by atoms with van der Waals surface area (Å²) in [6.07, 6.45) is 1.12. The maximum atomic E-state index is 13.2. The van der Waals surface area contributed by atoms with E-state index in [-0.39, 0.29) is 6.61 Å². The number of carbonyl (C=O) groups excluding carboxylic acids is 2. The largest absolute Gasteiger partial charge is 0.485 e. The van der Waals surface area contributed by atoms with E-state index in [2.05, 4.69) is 16.4 Å². The van der Waals surface area contributed by atoms with Crippen LogP contribution in [0, 0.1) is 11.3 Å². The maximum Gasteiger partial charge on any atom is 0.410 e. The molecule has 2 amide bonds. The minimum absolute atomic E-state index is 0.0156. The molecule has 0 radical (unpaired) electrons. The lowest BCUT2D eigenvalue weighted by atomic mass is 9.85. The molecular formula is C24H26N4O5. The standard InChI is InChI=1S/C24H26N4O5/c1-24(2)21(29)20(17-12-15(13-25)8-9-19(17)33-24)27-22(30)18-7-5-11-28(18)23(31)32-14-16-6-3-4-10-26-16/h3-4,6,8-10,12,18,20-21,29H,5,7,11,14H2,1-2H3,(H,27,30)/t18-,20?,21?/m0/s1. The third kappa shape index (κ3) is 4.61. The van der Waals surface area contributed by atoms with Crippen LogP contribution in [-0.2, 0) is 16.1 Å². The van der Waals surface area contributed by atoms with Gasteiger partial charge in [0.1, 0.15) is 30.1 Å². The van der Waals surface area contributed by atoms with Crippen molar-refractivity contribution < 1.29 is 24.2 Å². The number of likely N-dealkylation sites (tertiary alicyclic amines) is 1. The van der Waals surface area contributed by atoms with Crippen molar-refractivity contribution in [3.63, 3.8) is 0 Å². The maximum absolute atomic E-state index is 13.2. The first-order valence-corrected chi connectivity index (χ1v) is 10.8. The molecule has 1 fully saturated rings. The summed E-state index contributed by atoms with van der Waals surface area (Å²) in [7, 11) is 0. The monoisotopic (exact) mass is 450 g/mol. The van der Waals surface area contributed by atoms with E-state index in [9.17, 15) is 20.0 Å². The first-order valence-electron chi connectivity index (χ1n) is 10.8. The highest BCUT2D eigenvalue weighted by Gasteiger charge is 2.45. The van der Waals surface area contributed by atoms with E-state index in [1.807, 2.05) is 0 Å². The summed E-state index contributed by atoms with van der Waals surface area (Å²) in [5.41, 5.74) is 0.569. The van der Waals surface area contributed by atoms with Crippen molar-refractivity contribution in [2.45, 2.75) is 57.1 Å². The number of nitrogens with one attached hydrogen (secondary N) is 1. The molecule has 172 valence electrons. The molecule has 9 heteroatoms. The summed E-state index contributed by atoms with van der Waals surface area (Å²) >= 11 is 0. The lowest BCUT2D eigenvalue weighted by molar-refractivity contribution is -0.129. The van der Waals surface area contributed by atoms with Crippen LogP contribution in [0.3, 0.4) is 0 Å². The van der Waals surface area contributed by atoms with E-state index < -0.39 is 35.8 Å². The molecule has 1 saturated heterocycles. The van der Waals surface area contributed by atoms with Gasteiger partial charge in [-0.15, -0.1) is 0 Å². The van der Waals surface area contributed by atoms with Crippen LogP contribution in [-0.4, -0.2) is 51.3 Å². The molecule has 2 unspecified atom stereocenters. The van der Waals surface area contributed by atoms with Gasteiger partial charge in [-0.05, 0) is 57.0 Å². The molecule has 4 rings (SSSR count). The molecule has 2 N–H and O–H groups in total. The molecule has 2 aliphatic rings. The Labute approximate surface area is 191 Å². The number of aliphatic hydroxyl groups is 1. The number of aliphatic hydroxyl groups excluding tert-OH is 1. The molecule has 2 aliphatic heterocycles. The molecule has 33 heavy (non-hydrogen) atoms. The van der Waals surface area contributed by atoms with Gasteiger partial charge < -0.3 is 19.9 Å². The fraction of sp³-hybridized carbons (Fsp3) is 0.417. The Morgan fingerprint density at radius 2 is 2.18 bits per heavy atom. The molecule has 9 nitrogen and oxygen atoms in total. The Morgan fingerprint density at radius 3 is 2.91 bits per heavy atom. The van der Waals surface area contributed by atoms with Gasteiger partial charge in [0.15, 0.2) is 0 Å². The summed E-state index contributed by atoms with van der Waals surface area (Å²) in [6.45, 7) is 3.88. The minimum Gasteiger partial charge on any atom is -0.485 e. The zero-order valence-electron chi connectivity index (χ0n) is 18.5. The van der Waals surface area contributed by atoms with E-state index in [0.29, 0.717) is 42.0 Å². The first-order chi connectivity index (χ1) is 15.8. The second-order valence-electron chi connectivity index (χ2n) is 8.73. The van der Waals surface area contributed by atoms with E-state index in [4.69, 9.17) is 9.47 Å². The molecule has 0 saturated carbocycles. The fourth-order valence-corrected chi connectivity index (χ4v) is 4.24. The third-order valence-corrected chi connectivity index (χ3v) is 6.03. The van der Waals surface area contributed by atoms with E-state index >= 15 is 0 Å². The van der Waals surface area contributed by atoms with E-state index in [0.717, 1.165) is 0 Å². The van der Waals surface area contributed by atoms with E-state index in [1.54, 1.807) is 56.4 Å². The lowest BCUT2D eigenvalue weighted by Crippen LogP contribution is -2.56. The molecule has 1 aromatic carbocycles. The van der Waals surface area contributed by atoms with Crippen LogP contribution in [0.15, 0.2) is 42.6 Å². The van der Waals surface area contributed by atoms with Crippen molar-refractivity contribution in [1.82, 2.24) is 15.2 Å². The highest BCUT2D eigenvalue weighted by Crippen LogP contribution is 2.40. The van der Waals surface area contributed by atoms with Crippen LogP contribution in [0.5, 0.6) is 5.75 Å². The summed E-state index contributed by atoms with van der Waals surface area (Å²) in [6, 6.07) is 10.8. The smallest absolute Gasteiger partial charge is 0.410 e. The Hall–Kier alpha value is -3.64. The number of hydrogen-bond acceptors (Lipinski definition) is 7. The van der Waals surface area contributed by atoms with Crippen LogP contribution in [0.2, 0.25) is 0 Å². The molecule has 2 aromatic rings. The average molecular weight is 450 g/mol. The number of benzene rings is 1. The van der Waals surface area contributed by atoms with Crippen molar-refractivity contribution in [3.8, 4) is 11.8 Å². The van der Waals surface area contributed by atoms with Crippen LogP contribution in [0.25, 0.3) is 0 Å². The number of nitriles is 1. The number of nitrogens with zero attached hydrogens (tertiary/aromatic N) is 3. The predicted octanol–water partition coefficient (Wildman–Crippen LogP) is 2.44. The molecule has 3 heterocycles. The number of pyridine rings is 1. The van der Waals surface area contributed by atoms with Crippen LogP contribution >= 0.6 is 0 Å². The summed E-state index contributed by atoms with van der Waals surface area (Å²) in [4.78, 5) is 31.4. The zero-order chi connectivity index (χ0) is 23.6. The number of aromatic nitrogens is 1. The highest BCUT2D eigenvalue weighted by molar-refractivity contribution is 5.86. The normalized spacial score (nSPS) is 23.1. The van der Waals surface area contributed by atoms with Gasteiger partial charge in [0, 0.05) is 18.3 Å². The van der Waals surface area contributed by atoms with Gasteiger partial charge in [-0.1, -0.05) is 6.07 Å². The molecule has 0 bridgehead atoms. The van der Waals surface area contributed by atoms with Gasteiger partial charge in [0.25, 0.3) is 0 Å². The van der Waals surface area contributed by atoms with Crippen LogP contribution < -0.4 is 10.1 Å². The summed E-state index contributed by atoms with van der Waals surface area (Å²) < 4.78 is 11.3. The molecule has 3 atom stereocenters. The van der Waals surface area contributed by atoms with Crippen molar-refractivity contribution in [1.29, 1.82) is 5.26 Å². The van der Waals surface area contributed by atoms with Gasteiger partial charge >= 0.3 is 6.09 Å². The van der Waals surface area contributed by atoms with Crippen molar-refractivity contribution in [2.75, 3.05) is 6.54 Å². The second kappa shape index (κ2) is 9.08. The Kier molecular flexibility index (Phi) is 6.20. The van der Waals surface area contributed by atoms with Crippen molar-refractivity contribution >= 4 is 12.0 Å². The summed E-state index contributed by atoms with van der Waals surface area (Å²) in [5, 5.41) is 23.1. The Bertz CT molecular complexity index is 1080. The van der Waals surface area contributed by atoms with Gasteiger partial charge in [-0.3, -0.25) is 14.7 Å².